The van der Waals surface area contributed by atoms with Gasteiger partial charge in [0.2, 0.25) is 0 Å². The van der Waals surface area contributed by atoms with Crippen LogP contribution in [0.2, 0.25) is 0 Å². The molecule has 0 aromatic carbocycles. The van der Waals surface area contributed by atoms with Gasteiger partial charge in [-0.2, -0.15) is 4.98 Å². The Morgan fingerprint density at radius 1 is 1.42 bits per heavy atom. The van der Waals surface area contributed by atoms with Crippen molar-refractivity contribution in [2.45, 2.75) is 57.6 Å². The largest absolute Gasteiger partial charge is 0.449 e. The number of hydrogen-bond donors (Lipinski definition) is 3. The number of aliphatic hydroxyl groups is 2. The Bertz CT molecular complexity index is 619. The van der Waals surface area contributed by atoms with E-state index in [4.69, 9.17) is 9.47 Å². The maximum atomic E-state index is 12.1. The van der Waals surface area contributed by atoms with Crippen molar-refractivity contribution in [1.29, 1.82) is 0 Å². The van der Waals surface area contributed by atoms with E-state index in [-0.39, 0.29) is 5.82 Å². The van der Waals surface area contributed by atoms with Crippen LogP contribution in [0, 0.1) is 0 Å². The summed E-state index contributed by atoms with van der Waals surface area (Å²) >= 11 is 0. The molecule has 0 radical (unpaired) electrons. The fourth-order valence-electron chi connectivity index (χ4n) is 2.39. The summed E-state index contributed by atoms with van der Waals surface area (Å²) in [5.74, 6) is 0.0397. The Kier molecular flexibility index (Phi) is 6.29. The minimum atomic E-state index is -1.23. The summed E-state index contributed by atoms with van der Waals surface area (Å²) in [7, 11) is 0. The van der Waals surface area contributed by atoms with Crippen molar-refractivity contribution < 1.29 is 24.5 Å². The quantitative estimate of drug-likeness (QED) is 0.648. The molecular weight excluding hydrogens is 318 g/mol. The molecule has 0 spiro atoms. The van der Waals surface area contributed by atoms with Crippen LogP contribution in [0.25, 0.3) is 0 Å². The van der Waals surface area contributed by atoms with Crippen LogP contribution in [0.4, 0.5) is 10.6 Å². The number of rotatable bonds is 6. The summed E-state index contributed by atoms with van der Waals surface area (Å²) in [6.45, 7) is 3.94. The maximum absolute atomic E-state index is 12.1. The van der Waals surface area contributed by atoms with E-state index in [0.717, 1.165) is 23.8 Å². The van der Waals surface area contributed by atoms with Crippen LogP contribution in [0.5, 0.6) is 0 Å². The van der Waals surface area contributed by atoms with Gasteiger partial charge in [-0.1, -0.05) is 19.8 Å². The highest BCUT2D eigenvalue weighted by atomic mass is 16.6. The Labute approximate surface area is 139 Å². The van der Waals surface area contributed by atoms with Gasteiger partial charge in [0, 0.05) is 6.20 Å². The number of carbonyl (C=O) groups excluding carboxylic acids is 1. The van der Waals surface area contributed by atoms with Gasteiger partial charge < -0.3 is 19.7 Å². The lowest BCUT2D eigenvalue weighted by molar-refractivity contribution is -0.0350. The third kappa shape index (κ3) is 4.31. The van der Waals surface area contributed by atoms with E-state index in [1.54, 1.807) is 6.92 Å². The molecule has 1 aliphatic heterocycles. The topological polar surface area (TPSA) is 123 Å². The van der Waals surface area contributed by atoms with Crippen LogP contribution in [0.3, 0.4) is 0 Å². The average molecular weight is 341 g/mol. The highest BCUT2D eigenvalue weighted by Gasteiger charge is 2.41. The zero-order chi connectivity index (χ0) is 17.7. The Balaban J connectivity index is 1.97. The zero-order valence-electron chi connectivity index (χ0n) is 13.7. The van der Waals surface area contributed by atoms with Crippen molar-refractivity contribution in [3.63, 3.8) is 0 Å². The number of nitrogens with zero attached hydrogens (tertiary/aromatic N) is 2. The molecule has 1 aromatic heterocycles. The van der Waals surface area contributed by atoms with E-state index in [1.807, 2.05) is 6.92 Å². The second-order valence-corrected chi connectivity index (χ2v) is 5.68. The number of ether oxygens (including phenoxy) is 2. The SMILES string of the molecule is CCCCCOC(=O)Nc1ccn([C@@H]2O[C@H](C)[C@@H](O)[C@H]2O)c(=O)n1. The van der Waals surface area contributed by atoms with Crippen LogP contribution in [-0.2, 0) is 9.47 Å². The number of nitrogens with one attached hydrogen (secondary N) is 1. The van der Waals surface area contributed by atoms with Gasteiger partial charge in [-0.15, -0.1) is 0 Å². The van der Waals surface area contributed by atoms with Gasteiger partial charge in [0.1, 0.15) is 18.0 Å². The van der Waals surface area contributed by atoms with E-state index < -0.39 is 36.3 Å². The second-order valence-electron chi connectivity index (χ2n) is 5.68. The van der Waals surface area contributed by atoms with Gasteiger partial charge >= 0.3 is 11.8 Å². The molecule has 0 aliphatic carbocycles. The van der Waals surface area contributed by atoms with Crippen LogP contribution in [0.1, 0.15) is 39.3 Å². The summed E-state index contributed by atoms with van der Waals surface area (Å²) in [5.41, 5.74) is -0.718. The molecule has 0 bridgehead atoms. The second kappa shape index (κ2) is 8.22. The van der Waals surface area contributed by atoms with Crippen molar-refractivity contribution in [2.75, 3.05) is 11.9 Å². The third-order valence-corrected chi connectivity index (χ3v) is 3.79. The van der Waals surface area contributed by atoms with Gasteiger partial charge in [0.15, 0.2) is 6.23 Å². The summed E-state index contributed by atoms with van der Waals surface area (Å²) in [6, 6.07) is 1.39. The fraction of sp³-hybridized carbons (Fsp3) is 0.667. The van der Waals surface area contributed by atoms with Crippen molar-refractivity contribution in [2.24, 2.45) is 0 Å². The number of carbonyl (C=O) groups is 1. The van der Waals surface area contributed by atoms with Crippen LogP contribution >= 0.6 is 0 Å². The number of amides is 1. The fourth-order valence-corrected chi connectivity index (χ4v) is 2.39. The molecule has 1 saturated heterocycles. The first-order chi connectivity index (χ1) is 11.4. The van der Waals surface area contributed by atoms with Gasteiger partial charge in [-0.05, 0) is 19.4 Å². The smallest absolute Gasteiger partial charge is 0.412 e. The number of hydrogen-bond acceptors (Lipinski definition) is 7. The highest BCUT2D eigenvalue weighted by molar-refractivity contribution is 5.83. The minimum Gasteiger partial charge on any atom is -0.449 e. The number of anilines is 1. The Hall–Kier alpha value is -1.97. The van der Waals surface area contributed by atoms with Crippen molar-refractivity contribution in [1.82, 2.24) is 9.55 Å². The first-order valence-corrected chi connectivity index (χ1v) is 7.98. The first kappa shape index (κ1) is 18.4. The molecule has 1 fully saturated rings. The molecule has 24 heavy (non-hydrogen) atoms. The molecule has 1 amide bonds. The van der Waals surface area contributed by atoms with E-state index in [1.165, 1.54) is 12.3 Å². The van der Waals surface area contributed by atoms with E-state index >= 15 is 0 Å². The Morgan fingerprint density at radius 3 is 2.75 bits per heavy atom. The highest BCUT2D eigenvalue weighted by Crippen LogP contribution is 2.27. The molecule has 9 nitrogen and oxygen atoms in total. The third-order valence-electron chi connectivity index (χ3n) is 3.79. The van der Waals surface area contributed by atoms with Gasteiger partial charge in [0.05, 0.1) is 12.7 Å². The molecule has 1 aromatic rings. The predicted octanol–water partition coefficient (Wildman–Crippen LogP) is 0.621. The molecule has 4 atom stereocenters. The summed E-state index contributed by atoms with van der Waals surface area (Å²) < 4.78 is 11.4. The van der Waals surface area contributed by atoms with Crippen molar-refractivity contribution in [3.05, 3.63) is 22.7 Å². The van der Waals surface area contributed by atoms with E-state index in [9.17, 15) is 19.8 Å². The minimum absolute atomic E-state index is 0.0397. The summed E-state index contributed by atoms with van der Waals surface area (Å²) in [5, 5.41) is 22.0. The van der Waals surface area contributed by atoms with E-state index in [2.05, 4.69) is 10.3 Å². The monoisotopic (exact) mass is 341 g/mol. The molecule has 9 heteroatoms. The van der Waals surface area contributed by atoms with Crippen LogP contribution in [-0.4, -0.2) is 50.8 Å². The number of aliphatic hydroxyl groups excluding tert-OH is 2. The van der Waals surface area contributed by atoms with Gasteiger partial charge in [-0.3, -0.25) is 9.88 Å². The van der Waals surface area contributed by atoms with E-state index in [0.29, 0.717) is 6.61 Å². The van der Waals surface area contributed by atoms with Gasteiger partial charge in [-0.25, -0.2) is 9.59 Å². The normalized spacial score (nSPS) is 26.3. The zero-order valence-corrected chi connectivity index (χ0v) is 13.7. The van der Waals surface area contributed by atoms with Crippen molar-refractivity contribution in [3.8, 4) is 0 Å². The number of unbranched alkanes of at least 4 members (excludes halogenated alkanes) is 2. The maximum Gasteiger partial charge on any atom is 0.412 e. The van der Waals surface area contributed by atoms with Crippen molar-refractivity contribution >= 4 is 11.9 Å². The lowest BCUT2D eigenvalue weighted by Crippen LogP contribution is -2.35. The summed E-state index contributed by atoms with van der Waals surface area (Å²) in [4.78, 5) is 27.3. The average Bonchev–Trinajstić information content (AvgIpc) is 2.79. The molecule has 0 saturated carbocycles. The van der Waals surface area contributed by atoms with Crippen LogP contribution < -0.4 is 11.0 Å². The summed E-state index contributed by atoms with van der Waals surface area (Å²) in [6.07, 6.45) is -0.533. The molecule has 2 heterocycles. The standard InChI is InChI=1S/C15H23N3O6/c1-3-4-5-8-23-15(22)17-10-6-7-18(14(21)16-10)13-12(20)11(19)9(2)24-13/h6-7,9,11-13,19-20H,3-5,8H2,1-2H3,(H,16,17,21,22)/t9-,11-,12-,13-/m1/s1. The Morgan fingerprint density at radius 2 is 2.17 bits per heavy atom. The van der Waals surface area contributed by atoms with Gasteiger partial charge in [0.25, 0.3) is 0 Å². The lowest BCUT2D eigenvalue weighted by Gasteiger charge is -2.17. The molecule has 2 rings (SSSR count). The molecular formula is C15H23N3O6. The molecule has 3 N–H and O–H groups in total. The van der Waals surface area contributed by atoms with Crippen LogP contribution in [0.15, 0.2) is 17.1 Å². The molecule has 134 valence electrons. The predicted molar refractivity (Wildman–Crippen MR) is 84.6 cm³/mol. The molecule has 1 aliphatic rings. The first-order valence-electron chi connectivity index (χ1n) is 7.98. The lowest BCUT2D eigenvalue weighted by atomic mass is 10.1. The molecule has 0 unspecified atom stereocenters. The number of aromatic nitrogens is 2.